The summed E-state index contributed by atoms with van der Waals surface area (Å²) in [6.45, 7) is 8.09. The topological polar surface area (TPSA) is 81.8 Å². The zero-order valence-electron chi connectivity index (χ0n) is 16.2. The fourth-order valence-corrected chi connectivity index (χ4v) is 3.18. The molecule has 1 N–H and O–H groups in total. The van der Waals surface area contributed by atoms with E-state index >= 15 is 0 Å². The number of hydrogen-bond acceptors (Lipinski definition) is 4. The van der Waals surface area contributed by atoms with Crippen LogP contribution in [-0.4, -0.2) is 32.0 Å². The molecule has 0 saturated heterocycles. The van der Waals surface area contributed by atoms with Crippen LogP contribution in [0.2, 0.25) is 0 Å². The number of rotatable bonds is 6. The normalized spacial score (nSPS) is 12.3. The molecular weight excluding hydrogens is 342 g/mol. The maximum Gasteiger partial charge on any atom is 0.295 e. The van der Waals surface area contributed by atoms with Crippen LogP contribution >= 0.6 is 0 Å². The molecule has 0 fully saturated rings. The minimum atomic E-state index is -0.695. The molecule has 1 amide bonds. The Hall–Kier alpha value is -2.96. The van der Waals surface area contributed by atoms with Crippen molar-refractivity contribution in [3.8, 4) is 5.69 Å². The largest absolute Gasteiger partial charge is 0.354 e. The number of carbonyl (C=O) groups excluding carboxylic acids is 1. The molecule has 3 rings (SSSR count). The third-order valence-electron chi connectivity index (χ3n) is 4.72. The van der Waals surface area contributed by atoms with Crippen LogP contribution in [-0.2, 0) is 4.79 Å². The van der Waals surface area contributed by atoms with E-state index in [0.29, 0.717) is 17.8 Å². The van der Waals surface area contributed by atoms with Gasteiger partial charge in [-0.1, -0.05) is 31.5 Å². The first-order chi connectivity index (χ1) is 13.0. The van der Waals surface area contributed by atoms with Gasteiger partial charge in [0.05, 0.1) is 22.5 Å². The second-order valence-electron chi connectivity index (χ2n) is 6.71. The lowest BCUT2D eigenvalue weighted by atomic mass is 10.2. The number of aromatic nitrogens is 4. The zero-order chi connectivity index (χ0) is 19.6. The Morgan fingerprint density at radius 3 is 2.56 bits per heavy atom. The van der Waals surface area contributed by atoms with E-state index in [9.17, 15) is 9.59 Å². The van der Waals surface area contributed by atoms with Crippen molar-refractivity contribution in [3.63, 3.8) is 0 Å². The van der Waals surface area contributed by atoms with Crippen molar-refractivity contribution in [2.75, 3.05) is 6.54 Å². The van der Waals surface area contributed by atoms with Gasteiger partial charge in [0.15, 0.2) is 5.52 Å². The number of unbranched alkanes of at least 4 members (excludes halogenated alkanes) is 1. The Labute approximate surface area is 158 Å². The number of hydrogen-bond donors (Lipinski definition) is 1. The van der Waals surface area contributed by atoms with Crippen LogP contribution in [0.15, 0.2) is 35.1 Å². The predicted molar refractivity (Wildman–Crippen MR) is 105 cm³/mol. The quantitative estimate of drug-likeness (QED) is 0.679. The first-order valence-corrected chi connectivity index (χ1v) is 9.27. The maximum atomic E-state index is 13.0. The molecule has 0 radical (unpaired) electrons. The fourth-order valence-electron chi connectivity index (χ4n) is 3.18. The molecule has 27 heavy (non-hydrogen) atoms. The van der Waals surface area contributed by atoms with E-state index in [0.717, 1.165) is 29.6 Å². The van der Waals surface area contributed by atoms with Crippen molar-refractivity contribution in [3.05, 3.63) is 52.1 Å². The van der Waals surface area contributed by atoms with Crippen LogP contribution < -0.4 is 10.9 Å². The average molecular weight is 367 g/mol. The van der Waals surface area contributed by atoms with Gasteiger partial charge in [-0.05, 0) is 39.3 Å². The number of amides is 1. The Morgan fingerprint density at radius 2 is 1.89 bits per heavy atom. The molecule has 0 unspecified atom stereocenters. The smallest absolute Gasteiger partial charge is 0.295 e. The van der Waals surface area contributed by atoms with E-state index in [1.165, 1.54) is 4.68 Å². The number of fused-ring (bicyclic) bond motifs is 1. The molecule has 0 bridgehead atoms. The first kappa shape index (κ1) is 18.8. The lowest BCUT2D eigenvalue weighted by Crippen LogP contribution is -2.37. The molecule has 0 spiro atoms. The van der Waals surface area contributed by atoms with Gasteiger partial charge < -0.3 is 5.32 Å². The Balaban J connectivity index is 2.06. The number of benzene rings is 1. The molecule has 1 aromatic carbocycles. The minimum Gasteiger partial charge on any atom is -0.354 e. The number of aryl methyl sites for hydroxylation is 2. The molecule has 142 valence electrons. The molecule has 7 nitrogen and oxygen atoms in total. The summed E-state index contributed by atoms with van der Waals surface area (Å²) in [4.78, 5) is 25.4. The van der Waals surface area contributed by atoms with E-state index in [1.807, 2.05) is 44.2 Å². The molecule has 0 aliphatic carbocycles. The highest BCUT2D eigenvalue weighted by atomic mass is 16.2. The summed E-state index contributed by atoms with van der Waals surface area (Å²) >= 11 is 0. The van der Waals surface area contributed by atoms with Gasteiger partial charge >= 0.3 is 0 Å². The monoisotopic (exact) mass is 367 g/mol. The number of carbonyl (C=O) groups is 1. The summed E-state index contributed by atoms with van der Waals surface area (Å²) < 4.78 is 2.98. The van der Waals surface area contributed by atoms with Gasteiger partial charge in [0.1, 0.15) is 6.04 Å². The second kappa shape index (κ2) is 7.73. The fraction of sp³-hybridized carbons (Fsp3) is 0.400. The van der Waals surface area contributed by atoms with Crippen LogP contribution in [0.4, 0.5) is 0 Å². The maximum absolute atomic E-state index is 13.0. The summed E-state index contributed by atoms with van der Waals surface area (Å²) in [6, 6.07) is 8.95. The molecule has 0 aliphatic heterocycles. The highest BCUT2D eigenvalue weighted by Crippen LogP contribution is 2.21. The van der Waals surface area contributed by atoms with Crippen LogP contribution in [0, 0.1) is 13.8 Å². The van der Waals surface area contributed by atoms with E-state index in [4.69, 9.17) is 0 Å². The molecule has 0 aliphatic rings. The molecular formula is C20H25N5O2. The van der Waals surface area contributed by atoms with Crippen molar-refractivity contribution in [1.29, 1.82) is 0 Å². The molecule has 1 atom stereocenters. The van der Waals surface area contributed by atoms with Crippen LogP contribution in [0.5, 0.6) is 0 Å². The number of para-hydroxylation sites is 1. The summed E-state index contributed by atoms with van der Waals surface area (Å²) in [5.41, 5.74) is 2.38. The van der Waals surface area contributed by atoms with Gasteiger partial charge in [-0.25, -0.2) is 9.36 Å². The van der Waals surface area contributed by atoms with Crippen molar-refractivity contribution < 1.29 is 4.79 Å². The number of nitrogens with one attached hydrogen (secondary N) is 1. The van der Waals surface area contributed by atoms with Crippen molar-refractivity contribution in [2.45, 2.75) is 46.6 Å². The van der Waals surface area contributed by atoms with Gasteiger partial charge in [0, 0.05) is 6.54 Å². The molecule has 7 heteroatoms. The van der Waals surface area contributed by atoms with Crippen LogP contribution in [0.3, 0.4) is 0 Å². The SMILES string of the molecule is CCCCNC(=O)[C@@H](C)n1nc(C)c2c(C)n(-c3ccccc3)nc2c1=O. The van der Waals surface area contributed by atoms with Gasteiger partial charge in [0.25, 0.3) is 5.56 Å². The van der Waals surface area contributed by atoms with Gasteiger partial charge in [0.2, 0.25) is 5.91 Å². The van der Waals surface area contributed by atoms with Crippen molar-refractivity contribution in [1.82, 2.24) is 24.9 Å². The van der Waals surface area contributed by atoms with Crippen LogP contribution in [0.25, 0.3) is 16.6 Å². The van der Waals surface area contributed by atoms with Crippen LogP contribution in [0.1, 0.15) is 44.1 Å². The summed E-state index contributed by atoms with van der Waals surface area (Å²) in [7, 11) is 0. The van der Waals surface area contributed by atoms with E-state index < -0.39 is 6.04 Å². The van der Waals surface area contributed by atoms with Gasteiger partial charge in [-0.3, -0.25) is 9.59 Å². The predicted octanol–water partition coefficient (Wildman–Crippen LogP) is 2.68. The molecule has 0 saturated carbocycles. The molecule has 3 aromatic rings. The first-order valence-electron chi connectivity index (χ1n) is 9.27. The van der Waals surface area contributed by atoms with E-state index in [-0.39, 0.29) is 11.5 Å². The summed E-state index contributed by atoms with van der Waals surface area (Å²) in [6.07, 6.45) is 1.90. The number of nitrogens with zero attached hydrogens (tertiary/aromatic N) is 4. The Morgan fingerprint density at radius 1 is 1.19 bits per heavy atom. The van der Waals surface area contributed by atoms with Crippen molar-refractivity contribution in [2.24, 2.45) is 0 Å². The lowest BCUT2D eigenvalue weighted by molar-refractivity contribution is -0.124. The third kappa shape index (κ3) is 3.49. The lowest BCUT2D eigenvalue weighted by Gasteiger charge is -2.14. The van der Waals surface area contributed by atoms with E-state index in [1.54, 1.807) is 11.6 Å². The Bertz CT molecular complexity index is 1020. The highest BCUT2D eigenvalue weighted by Gasteiger charge is 2.22. The minimum absolute atomic E-state index is 0.212. The van der Waals surface area contributed by atoms with Crippen molar-refractivity contribution >= 4 is 16.8 Å². The summed E-state index contributed by atoms with van der Waals surface area (Å²) in [5, 5.41) is 12.5. The zero-order valence-corrected chi connectivity index (χ0v) is 16.2. The average Bonchev–Trinajstić information content (AvgIpc) is 3.03. The summed E-state index contributed by atoms with van der Waals surface area (Å²) in [5.74, 6) is -0.212. The third-order valence-corrected chi connectivity index (χ3v) is 4.72. The standard InChI is InChI=1S/C20H25N5O2/c1-5-6-12-21-19(26)15(4)25-20(27)18-17(13(2)22-25)14(3)24(23-18)16-10-8-7-9-11-16/h7-11,15H,5-6,12H2,1-4H3,(H,21,26)/t15-/m1/s1. The second-order valence-corrected chi connectivity index (χ2v) is 6.71. The molecule has 2 aromatic heterocycles. The molecule has 2 heterocycles. The van der Waals surface area contributed by atoms with Gasteiger partial charge in [-0.15, -0.1) is 0 Å². The highest BCUT2D eigenvalue weighted by molar-refractivity contribution is 5.84. The van der Waals surface area contributed by atoms with Gasteiger partial charge in [-0.2, -0.15) is 10.2 Å². The van der Waals surface area contributed by atoms with E-state index in [2.05, 4.69) is 22.4 Å². The Kier molecular flexibility index (Phi) is 5.39.